The van der Waals surface area contributed by atoms with Crippen molar-refractivity contribution in [3.63, 3.8) is 0 Å². The van der Waals surface area contributed by atoms with E-state index in [2.05, 4.69) is 31.1 Å². The van der Waals surface area contributed by atoms with Crippen LogP contribution in [-0.4, -0.2) is 18.6 Å². The van der Waals surface area contributed by atoms with Crippen LogP contribution in [0.15, 0.2) is 18.3 Å². The van der Waals surface area contributed by atoms with Gasteiger partial charge in [-0.25, -0.2) is 0 Å². The first-order valence-corrected chi connectivity index (χ1v) is 5.53. The van der Waals surface area contributed by atoms with Crippen LogP contribution < -0.4 is 10.5 Å². The molecular formula is C13H18N2O. The third-order valence-corrected chi connectivity index (χ3v) is 3.11. The summed E-state index contributed by atoms with van der Waals surface area (Å²) < 4.78 is 5.30. The minimum absolute atomic E-state index is 0.361. The van der Waals surface area contributed by atoms with Crippen molar-refractivity contribution in [1.82, 2.24) is 4.98 Å². The maximum atomic E-state index is 5.72. The number of nitrogens with two attached hydrogens (primary N) is 1. The Morgan fingerprint density at radius 1 is 1.44 bits per heavy atom. The molecule has 16 heavy (non-hydrogen) atoms. The number of ether oxygens (including phenoxy) is 1. The molecule has 0 fully saturated rings. The van der Waals surface area contributed by atoms with Crippen LogP contribution in [0.3, 0.4) is 0 Å². The molecule has 1 atom stereocenters. The molecule has 1 aromatic heterocycles. The molecule has 3 N–H and O–H groups in total. The second kappa shape index (κ2) is 4.18. The zero-order valence-corrected chi connectivity index (χ0v) is 10.0. The lowest BCUT2D eigenvalue weighted by molar-refractivity contribution is 0.415. The SMILES string of the molecule is COc1cc(C)c2[nH]cc(C(C)CN)c2c1. The van der Waals surface area contributed by atoms with Gasteiger partial charge in [0, 0.05) is 17.1 Å². The first-order chi connectivity index (χ1) is 7.67. The molecule has 0 aliphatic carbocycles. The Hall–Kier alpha value is -1.48. The molecule has 1 aromatic carbocycles. The highest BCUT2D eigenvalue weighted by atomic mass is 16.5. The minimum atomic E-state index is 0.361. The fraction of sp³-hybridized carbons (Fsp3) is 0.385. The van der Waals surface area contributed by atoms with Crippen LogP contribution in [0.5, 0.6) is 5.75 Å². The first kappa shape index (κ1) is 11.0. The lowest BCUT2D eigenvalue weighted by atomic mass is 9.99. The summed E-state index contributed by atoms with van der Waals surface area (Å²) in [6.45, 7) is 4.87. The molecule has 2 rings (SSSR count). The Kier molecular flexibility index (Phi) is 2.88. The molecule has 0 aliphatic heterocycles. The summed E-state index contributed by atoms with van der Waals surface area (Å²) in [4.78, 5) is 3.31. The van der Waals surface area contributed by atoms with Crippen molar-refractivity contribution >= 4 is 10.9 Å². The normalized spacial score (nSPS) is 13.0. The van der Waals surface area contributed by atoms with Crippen LogP contribution in [0.25, 0.3) is 10.9 Å². The Morgan fingerprint density at radius 2 is 2.19 bits per heavy atom. The molecule has 2 aromatic rings. The number of benzene rings is 1. The smallest absolute Gasteiger partial charge is 0.119 e. The number of hydrogen-bond donors (Lipinski definition) is 2. The zero-order valence-electron chi connectivity index (χ0n) is 10.0. The molecule has 0 aliphatic rings. The second-order valence-electron chi connectivity index (χ2n) is 4.25. The summed E-state index contributed by atoms with van der Waals surface area (Å²) in [5.74, 6) is 1.26. The van der Waals surface area contributed by atoms with Gasteiger partial charge in [-0.15, -0.1) is 0 Å². The molecule has 1 heterocycles. The Morgan fingerprint density at radius 3 is 2.81 bits per heavy atom. The topological polar surface area (TPSA) is 51.0 Å². The second-order valence-corrected chi connectivity index (χ2v) is 4.25. The summed E-state index contributed by atoms with van der Waals surface area (Å²) in [6.07, 6.45) is 2.05. The standard InChI is InChI=1S/C13H18N2O/c1-8-4-10(16-3)5-11-12(9(2)6-14)7-15-13(8)11/h4-5,7,9,15H,6,14H2,1-3H3. The highest BCUT2D eigenvalue weighted by molar-refractivity contribution is 5.87. The lowest BCUT2D eigenvalue weighted by Crippen LogP contribution is -2.08. The quantitative estimate of drug-likeness (QED) is 0.831. The predicted octanol–water partition coefficient (Wildman–Crippen LogP) is 2.55. The van der Waals surface area contributed by atoms with E-state index in [0.717, 1.165) is 5.75 Å². The maximum absolute atomic E-state index is 5.72. The number of rotatable bonds is 3. The lowest BCUT2D eigenvalue weighted by Gasteiger charge is -2.08. The van der Waals surface area contributed by atoms with Crippen molar-refractivity contribution in [3.05, 3.63) is 29.5 Å². The van der Waals surface area contributed by atoms with Gasteiger partial charge in [0.25, 0.3) is 0 Å². The Balaban J connectivity index is 2.65. The fourth-order valence-electron chi connectivity index (χ4n) is 2.05. The van der Waals surface area contributed by atoms with Gasteiger partial charge in [-0.2, -0.15) is 0 Å². The monoisotopic (exact) mass is 218 g/mol. The van der Waals surface area contributed by atoms with E-state index >= 15 is 0 Å². The van der Waals surface area contributed by atoms with Gasteiger partial charge >= 0.3 is 0 Å². The van der Waals surface area contributed by atoms with Crippen LogP contribution in [-0.2, 0) is 0 Å². The van der Waals surface area contributed by atoms with Crippen molar-refractivity contribution < 1.29 is 4.74 Å². The molecule has 1 unspecified atom stereocenters. The average Bonchev–Trinajstić information content (AvgIpc) is 2.72. The maximum Gasteiger partial charge on any atom is 0.119 e. The van der Waals surface area contributed by atoms with Crippen molar-refractivity contribution in [2.75, 3.05) is 13.7 Å². The summed E-state index contributed by atoms with van der Waals surface area (Å²) in [6, 6.07) is 4.11. The van der Waals surface area contributed by atoms with E-state index in [-0.39, 0.29) is 0 Å². The van der Waals surface area contributed by atoms with E-state index in [1.165, 1.54) is 22.0 Å². The van der Waals surface area contributed by atoms with E-state index in [4.69, 9.17) is 10.5 Å². The van der Waals surface area contributed by atoms with E-state index in [0.29, 0.717) is 12.5 Å². The average molecular weight is 218 g/mol. The molecule has 0 bridgehead atoms. The third kappa shape index (κ3) is 1.67. The number of nitrogens with one attached hydrogen (secondary N) is 1. The van der Waals surface area contributed by atoms with Gasteiger partial charge in [-0.1, -0.05) is 6.92 Å². The molecule has 86 valence electrons. The first-order valence-electron chi connectivity index (χ1n) is 5.53. The Bertz CT molecular complexity index is 502. The molecule has 0 radical (unpaired) electrons. The highest BCUT2D eigenvalue weighted by Gasteiger charge is 2.12. The number of aryl methyl sites for hydroxylation is 1. The van der Waals surface area contributed by atoms with Gasteiger partial charge in [0.05, 0.1) is 7.11 Å². The van der Waals surface area contributed by atoms with Crippen molar-refractivity contribution in [1.29, 1.82) is 0 Å². The number of hydrogen-bond acceptors (Lipinski definition) is 2. The van der Waals surface area contributed by atoms with E-state index < -0.39 is 0 Å². The van der Waals surface area contributed by atoms with Gasteiger partial charge in [0.2, 0.25) is 0 Å². The zero-order chi connectivity index (χ0) is 11.7. The fourth-order valence-corrected chi connectivity index (χ4v) is 2.05. The predicted molar refractivity (Wildman–Crippen MR) is 67.1 cm³/mol. The van der Waals surface area contributed by atoms with Gasteiger partial charge in [-0.3, -0.25) is 0 Å². The van der Waals surface area contributed by atoms with Crippen LogP contribution in [0.4, 0.5) is 0 Å². The summed E-state index contributed by atoms with van der Waals surface area (Å²) >= 11 is 0. The van der Waals surface area contributed by atoms with Crippen LogP contribution in [0, 0.1) is 6.92 Å². The molecular weight excluding hydrogens is 200 g/mol. The number of aromatic amines is 1. The number of fused-ring (bicyclic) bond motifs is 1. The molecule has 0 saturated carbocycles. The van der Waals surface area contributed by atoms with Gasteiger partial charge in [-0.05, 0) is 42.6 Å². The van der Waals surface area contributed by atoms with E-state index in [1.54, 1.807) is 7.11 Å². The number of aromatic nitrogens is 1. The van der Waals surface area contributed by atoms with Crippen LogP contribution in [0.1, 0.15) is 24.0 Å². The van der Waals surface area contributed by atoms with Crippen molar-refractivity contribution in [3.8, 4) is 5.75 Å². The van der Waals surface area contributed by atoms with Crippen molar-refractivity contribution in [2.24, 2.45) is 5.73 Å². The van der Waals surface area contributed by atoms with Gasteiger partial charge < -0.3 is 15.5 Å². The van der Waals surface area contributed by atoms with Crippen LogP contribution >= 0.6 is 0 Å². The van der Waals surface area contributed by atoms with Crippen LogP contribution in [0.2, 0.25) is 0 Å². The van der Waals surface area contributed by atoms with Gasteiger partial charge in [0.1, 0.15) is 5.75 Å². The molecule has 0 spiro atoms. The molecule has 3 nitrogen and oxygen atoms in total. The van der Waals surface area contributed by atoms with Gasteiger partial charge in [0.15, 0.2) is 0 Å². The Labute approximate surface area is 95.6 Å². The van der Waals surface area contributed by atoms with Crippen molar-refractivity contribution in [2.45, 2.75) is 19.8 Å². The number of methoxy groups -OCH3 is 1. The van der Waals surface area contributed by atoms with E-state index in [9.17, 15) is 0 Å². The summed E-state index contributed by atoms with van der Waals surface area (Å²) in [7, 11) is 1.69. The summed E-state index contributed by atoms with van der Waals surface area (Å²) in [5, 5.41) is 1.22. The molecule has 3 heteroatoms. The molecule has 0 amide bonds. The largest absolute Gasteiger partial charge is 0.497 e. The summed E-state index contributed by atoms with van der Waals surface area (Å²) in [5.41, 5.74) is 9.36. The third-order valence-electron chi connectivity index (χ3n) is 3.11. The van der Waals surface area contributed by atoms with E-state index in [1.807, 2.05) is 6.07 Å². The molecule has 0 saturated heterocycles. The highest BCUT2D eigenvalue weighted by Crippen LogP contribution is 2.30. The minimum Gasteiger partial charge on any atom is -0.497 e. The number of H-pyrrole nitrogens is 1.